The van der Waals surface area contributed by atoms with Gasteiger partial charge in [-0.05, 0) is 47.6 Å². The quantitative estimate of drug-likeness (QED) is 0.252. The van der Waals surface area contributed by atoms with Crippen LogP contribution in [0.25, 0.3) is 16.9 Å². The van der Waals surface area contributed by atoms with Crippen LogP contribution in [-0.2, 0) is 0 Å². The molecule has 0 atom stereocenters. The fourth-order valence-corrected chi connectivity index (χ4v) is 3.67. The van der Waals surface area contributed by atoms with Gasteiger partial charge in [0.15, 0.2) is 0 Å². The lowest BCUT2D eigenvalue weighted by Crippen LogP contribution is -2.12. The molecule has 0 radical (unpaired) electrons. The lowest BCUT2D eigenvalue weighted by Gasteiger charge is -2.10. The zero-order valence-electron chi connectivity index (χ0n) is 18.8. The van der Waals surface area contributed by atoms with E-state index in [1.807, 2.05) is 60.7 Å². The van der Waals surface area contributed by atoms with E-state index in [1.165, 1.54) is 36.4 Å². The van der Waals surface area contributed by atoms with Gasteiger partial charge in [-0.15, -0.1) is 4.91 Å². The van der Waals surface area contributed by atoms with Gasteiger partial charge in [-0.3, -0.25) is 4.79 Å². The monoisotopic (exact) mass is 478 g/mol. The van der Waals surface area contributed by atoms with E-state index in [0.29, 0.717) is 22.7 Å². The van der Waals surface area contributed by atoms with Gasteiger partial charge in [-0.1, -0.05) is 48.5 Å². The minimum Gasteiger partial charge on any atom is -0.457 e. The maximum Gasteiger partial charge on any atom is 0.259 e. The van der Waals surface area contributed by atoms with Crippen molar-refractivity contribution in [2.24, 2.45) is 5.18 Å². The first-order valence-corrected chi connectivity index (χ1v) is 11.0. The molecule has 0 aliphatic carbocycles. The number of hydrogen-bond acceptors (Lipinski definition) is 5. The molecule has 5 rings (SSSR count). The third kappa shape index (κ3) is 5.02. The van der Waals surface area contributed by atoms with E-state index in [2.05, 4.69) is 15.6 Å². The molecule has 0 unspecified atom stereocenters. The number of amides is 1. The van der Waals surface area contributed by atoms with E-state index < -0.39 is 11.7 Å². The molecular formula is C28H19FN4O3. The Labute approximate surface area is 205 Å². The van der Waals surface area contributed by atoms with Gasteiger partial charge in [-0.25, -0.2) is 9.07 Å². The summed E-state index contributed by atoms with van der Waals surface area (Å²) in [5.41, 5.74) is 2.80. The van der Waals surface area contributed by atoms with Crippen LogP contribution >= 0.6 is 0 Å². The summed E-state index contributed by atoms with van der Waals surface area (Å²) < 4.78 is 20.6. The molecule has 0 saturated carbocycles. The minimum atomic E-state index is -0.424. The highest BCUT2D eigenvalue weighted by Gasteiger charge is 2.19. The molecule has 0 fully saturated rings. The van der Waals surface area contributed by atoms with Gasteiger partial charge >= 0.3 is 0 Å². The van der Waals surface area contributed by atoms with Crippen LogP contribution in [0.15, 0.2) is 115 Å². The van der Waals surface area contributed by atoms with Crippen LogP contribution in [0.1, 0.15) is 10.4 Å². The second-order valence-electron chi connectivity index (χ2n) is 7.85. The summed E-state index contributed by atoms with van der Waals surface area (Å²) in [6.07, 6.45) is 1.66. The highest BCUT2D eigenvalue weighted by Crippen LogP contribution is 2.31. The smallest absolute Gasteiger partial charge is 0.259 e. The number of para-hydroxylation sites is 1. The van der Waals surface area contributed by atoms with Crippen molar-refractivity contribution >= 4 is 17.3 Å². The van der Waals surface area contributed by atoms with Crippen molar-refractivity contribution in [3.05, 3.63) is 126 Å². The average molecular weight is 478 g/mol. The molecule has 36 heavy (non-hydrogen) atoms. The number of nitroso groups, excluding NO2 is 1. The van der Waals surface area contributed by atoms with Gasteiger partial charge in [0.05, 0.1) is 11.3 Å². The molecule has 0 spiro atoms. The van der Waals surface area contributed by atoms with Crippen molar-refractivity contribution in [1.29, 1.82) is 0 Å². The standard InChI is InChI=1S/C28H19FN4O3/c29-20-11-13-24(14-12-20)36-25-16-21(15-22(17-25)32-35)30-28(34)26-18-33(23-9-5-2-6-10-23)31-27(26)19-7-3-1-4-8-19/h1-18H,(H,30,34). The number of nitrogens with zero attached hydrogens (tertiary/aromatic N) is 3. The average Bonchev–Trinajstić information content (AvgIpc) is 3.37. The van der Waals surface area contributed by atoms with E-state index in [4.69, 9.17) is 4.74 Å². The van der Waals surface area contributed by atoms with Gasteiger partial charge in [0.2, 0.25) is 0 Å². The van der Waals surface area contributed by atoms with Crippen LogP contribution in [0.2, 0.25) is 0 Å². The predicted octanol–water partition coefficient (Wildman–Crippen LogP) is 7.12. The summed E-state index contributed by atoms with van der Waals surface area (Å²) in [4.78, 5) is 24.7. The summed E-state index contributed by atoms with van der Waals surface area (Å²) >= 11 is 0. The first-order chi connectivity index (χ1) is 17.6. The van der Waals surface area contributed by atoms with Crippen LogP contribution in [0.5, 0.6) is 11.5 Å². The van der Waals surface area contributed by atoms with Crippen LogP contribution < -0.4 is 10.1 Å². The number of aromatic nitrogens is 2. The molecule has 4 aromatic carbocycles. The summed E-state index contributed by atoms with van der Waals surface area (Å²) in [6, 6.07) is 28.7. The second-order valence-corrected chi connectivity index (χ2v) is 7.85. The van der Waals surface area contributed by atoms with Crippen molar-refractivity contribution < 1.29 is 13.9 Å². The molecule has 0 saturated heterocycles. The van der Waals surface area contributed by atoms with Crippen molar-refractivity contribution in [2.75, 3.05) is 5.32 Å². The summed E-state index contributed by atoms with van der Waals surface area (Å²) in [7, 11) is 0. The number of carbonyl (C=O) groups excluding carboxylic acids is 1. The van der Waals surface area contributed by atoms with Crippen molar-refractivity contribution in [1.82, 2.24) is 9.78 Å². The van der Waals surface area contributed by atoms with Crippen molar-refractivity contribution in [3.63, 3.8) is 0 Å². The third-order valence-electron chi connectivity index (χ3n) is 5.33. The molecule has 0 bridgehead atoms. The Morgan fingerprint density at radius 1 is 0.861 bits per heavy atom. The van der Waals surface area contributed by atoms with Crippen LogP contribution in [0, 0.1) is 10.7 Å². The highest BCUT2D eigenvalue weighted by molar-refractivity contribution is 6.08. The molecule has 8 heteroatoms. The van der Waals surface area contributed by atoms with E-state index in [1.54, 1.807) is 16.9 Å². The fraction of sp³-hybridized carbons (Fsp3) is 0. The van der Waals surface area contributed by atoms with E-state index in [9.17, 15) is 14.1 Å². The van der Waals surface area contributed by atoms with Gasteiger partial charge < -0.3 is 10.1 Å². The van der Waals surface area contributed by atoms with E-state index in [0.717, 1.165) is 11.3 Å². The molecular weight excluding hydrogens is 459 g/mol. The van der Waals surface area contributed by atoms with E-state index >= 15 is 0 Å². The van der Waals surface area contributed by atoms with Gasteiger partial charge in [-0.2, -0.15) is 5.10 Å². The van der Waals surface area contributed by atoms with Gasteiger partial charge in [0.25, 0.3) is 5.91 Å². The largest absolute Gasteiger partial charge is 0.457 e. The maximum absolute atomic E-state index is 13.4. The molecule has 7 nitrogen and oxygen atoms in total. The molecule has 1 N–H and O–H groups in total. The Morgan fingerprint density at radius 3 is 2.25 bits per heavy atom. The first-order valence-electron chi connectivity index (χ1n) is 11.0. The number of nitrogens with one attached hydrogen (secondary N) is 1. The van der Waals surface area contributed by atoms with Crippen LogP contribution in [0.3, 0.4) is 0 Å². The third-order valence-corrected chi connectivity index (χ3v) is 5.33. The van der Waals surface area contributed by atoms with Crippen LogP contribution in [-0.4, -0.2) is 15.7 Å². The molecule has 0 aliphatic rings. The summed E-state index contributed by atoms with van der Waals surface area (Å²) in [6.45, 7) is 0. The summed E-state index contributed by atoms with van der Waals surface area (Å²) in [5, 5.41) is 10.5. The second kappa shape index (κ2) is 10.0. The number of halogens is 1. The van der Waals surface area contributed by atoms with E-state index in [-0.39, 0.29) is 11.4 Å². The SMILES string of the molecule is O=Nc1cc(NC(=O)c2cn(-c3ccccc3)nc2-c2ccccc2)cc(Oc2ccc(F)cc2)c1. The first kappa shape index (κ1) is 22.7. The minimum absolute atomic E-state index is 0.0631. The zero-order chi connectivity index (χ0) is 24.9. The predicted molar refractivity (Wildman–Crippen MR) is 135 cm³/mol. The van der Waals surface area contributed by atoms with Gasteiger partial charge in [0, 0.05) is 29.6 Å². The molecule has 1 aromatic heterocycles. The Kier molecular flexibility index (Phi) is 6.31. The van der Waals surface area contributed by atoms with Crippen molar-refractivity contribution in [2.45, 2.75) is 0 Å². The molecule has 0 aliphatic heterocycles. The summed E-state index contributed by atoms with van der Waals surface area (Å²) in [5.74, 6) is -0.194. The molecule has 1 heterocycles. The van der Waals surface area contributed by atoms with Crippen LogP contribution in [0.4, 0.5) is 15.8 Å². The fourth-order valence-electron chi connectivity index (χ4n) is 3.67. The number of benzene rings is 4. The van der Waals surface area contributed by atoms with Gasteiger partial charge in [0.1, 0.15) is 28.7 Å². The topological polar surface area (TPSA) is 85.6 Å². The Bertz CT molecular complexity index is 1520. The highest BCUT2D eigenvalue weighted by atomic mass is 19.1. The molecule has 176 valence electrons. The molecule has 5 aromatic rings. The molecule has 1 amide bonds. The lowest BCUT2D eigenvalue weighted by molar-refractivity contribution is 0.102. The number of hydrogen-bond donors (Lipinski definition) is 1. The normalized spacial score (nSPS) is 10.6. The Hall–Kier alpha value is -5.11. The number of ether oxygens (including phenoxy) is 1. The lowest BCUT2D eigenvalue weighted by atomic mass is 10.1. The van der Waals surface area contributed by atoms with Crippen molar-refractivity contribution in [3.8, 4) is 28.4 Å². The number of anilines is 1. The maximum atomic E-state index is 13.4. The number of carbonyl (C=O) groups is 1. The Balaban J connectivity index is 1.48. The Morgan fingerprint density at radius 2 is 1.56 bits per heavy atom. The zero-order valence-corrected chi connectivity index (χ0v) is 18.8. The number of rotatable bonds is 7.